The van der Waals surface area contributed by atoms with E-state index in [0.29, 0.717) is 15.2 Å². The number of thiazole rings is 1. The van der Waals surface area contributed by atoms with Crippen molar-refractivity contribution in [2.75, 3.05) is 26.0 Å². The number of para-hydroxylation sites is 1. The molecule has 0 atom stereocenters. The molecule has 1 aromatic carbocycles. The zero-order chi connectivity index (χ0) is 18.5. The van der Waals surface area contributed by atoms with Crippen molar-refractivity contribution >= 4 is 57.0 Å². The van der Waals surface area contributed by atoms with Gasteiger partial charge >= 0.3 is 0 Å². The van der Waals surface area contributed by atoms with Crippen LogP contribution < -0.4 is 10.6 Å². The Morgan fingerprint density at radius 3 is 2.85 bits per heavy atom. The van der Waals surface area contributed by atoms with Gasteiger partial charge in [-0.2, -0.15) is 0 Å². The molecule has 0 spiro atoms. The molecule has 0 aliphatic carbocycles. The normalized spacial score (nSPS) is 17.1. The maximum Gasteiger partial charge on any atom is 0.264 e. The molecule has 2 aromatic rings. The van der Waals surface area contributed by atoms with Crippen LogP contribution in [0.2, 0.25) is 0 Å². The number of benzene rings is 1. The number of likely N-dealkylation sites (N-methyl/N-ethyl adjacent to an activating group) is 1. The Bertz CT molecular complexity index is 874. The van der Waals surface area contributed by atoms with Crippen LogP contribution in [0.3, 0.4) is 0 Å². The van der Waals surface area contributed by atoms with Crippen molar-refractivity contribution in [2.24, 2.45) is 4.99 Å². The van der Waals surface area contributed by atoms with E-state index < -0.39 is 0 Å². The smallest absolute Gasteiger partial charge is 0.264 e. The molecule has 0 radical (unpaired) electrons. The van der Waals surface area contributed by atoms with Crippen molar-refractivity contribution in [3.05, 3.63) is 46.3 Å². The van der Waals surface area contributed by atoms with Crippen LogP contribution in [0.4, 0.5) is 10.8 Å². The molecular weight excluding hydrogens is 370 g/mol. The van der Waals surface area contributed by atoms with Crippen molar-refractivity contribution in [1.29, 1.82) is 0 Å². The third-order valence-corrected chi connectivity index (χ3v) is 4.91. The third-order valence-electron chi connectivity index (χ3n) is 3.14. The highest BCUT2D eigenvalue weighted by Crippen LogP contribution is 2.30. The fraction of sp³-hybridized carbons (Fsp3) is 0.176. The Labute approximate surface area is 159 Å². The second kappa shape index (κ2) is 8.26. The first-order chi connectivity index (χ1) is 12.5. The Hall–Kier alpha value is -2.49. The Morgan fingerprint density at radius 1 is 1.35 bits per heavy atom. The Morgan fingerprint density at radius 2 is 2.12 bits per heavy atom. The lowest BCUT2D eigenvalue weighted by atomic mass is 10.3. The largest absolute Gasteiger partial charge is 0.301 e. The highest BCUT2D eigenvalue weighted by atomic mass is 32.2. The molecule has 0 unspecified atom stereocenters. The Kier molecular flexibility index (Phi) is 5.82. The SMILES string of the molecule is CN(C)CC(=O)Nc1ncc(C=C2SC(=Nc3ccccc3)NC2=O)s1. The second-order valence-electron chi connectivity index (χ2n) is 5.67. The average Bonchev–Trinajstić information content (AvgIpc) is 3.14. The first-order valence-electron chi connectivity index (χ1n) is 7.74. The topological polar surface area (TPSA) is 86.7 Å². The van der Waals surface area contributed by atoms with Crippen LogP contribution in [0.5, 0.6) is 0 Å². The maximum atomic E-state index is 12.1. The number of thioether (sulfide) groups is 1. The summed E-state index contributed by atoms with van der Waals surface area (Å²) in [6.07, 6.45) is 3.37. The molecule has 1 aromatic heterocycles. The molecule has 1 fully saturated rings. The van der Waals surface area contributed by atoms with Gasteiger partial charge in [-0.15, -0.1) is 0 Å². The second-order valence-corrected chi connectivity index (χ2v) is 7.76. The summed E-state index contributed by atoms with van der Waals surface area (Å²) in [7, 11) is 3.64. The van der Waals surface area contributed by atoms with Crippen LogP contribution in [0.15, 0.2) is 46.4 Å². The quantitative estimate of drug-likeness (QED) is 0.770. The summed E-state index contributed by atoms with van der Waals surface area (Å²) in [5, 5.41) is 6.53. The zero-order valence-electron chi connectivity index (χ0n) is 14.2. The predicted octanol–water partition coefficient (Wildman–Crippen LogP) is 2.53. The number of hydrogen-bond acceptors (Lipinski definition) is 7. The molecular formula is C17H17N5O2S2. The molecule has 7 nitrogen and oxygen atoms in total. The minimum atomic E-state index is -0.198. The van der Waals surface area contributed by atoms with Crippen molar-refractivity contribution < 1.29 is 9.59 Å². The van der Waals surface area contributed by atoms with Gasteiger partial charge in [0.15, 0.2) is 10.3 Å². The van der Waals surface area contributed by atoms with Gasteiger partial charge in [-0.25, -0.2) is 9.98 Å². The molecule has 1 aliphatic rings. The molecule has 26 heavy (non-hydrogen) atoms. The van der Waals surface area contributed by atoms with Crippen LogP contribution in [0.25, 0.3) is 6.08 Å². The van der Waals surface area contributed by atoms with Crippen molar-refractivity contribution in [2.45, 2.75) is 0 Å². The van der Waals surface area contributed by atoms with E-state index in [9.17, 15) is 9.59 Å². The summed E-state index contributed by atoms with van der Waals surface area (Å²) in [6, 6.07) is 9.43. The number of nitrogens with zero attached hydrogens (tertiary/aromatic N) is 3. The summed E-state index contributed by atoms with van der Waals surface area (Å²) in [6.45, 7) is 0.285. The fourth-order valence-electron chi connectivity index (χ4n) is 2.09. The van der Waals surface area contributed by atoms with Gasteiger partial charge in [0.1, 0.15) is 0 Å². The average molecular weight is 387 g/mol. The lowest BCUT2D eigenvalue weighted by molar-refractivity contribution is -0.117. The number of hydrogen-bond donors (Lipinski definition) is 2. The molecule has 2 heterocycles. The number of anilines is 1. The van der Waals surface area contributed by atoms with Crippen LogP contribution in [0, 0.1) is 0 Å². The maximum absolute atomic E-state index is 12.1. The standard InChI is InChI=1S/C17H17N5O2S2/c1-22(2)10-14(23)20-16-18-9-12(25-16)8-13-15(24)21-17(26-13)19-11-6-4-3-5-7-11/h3-9H,10H2,1-2H3,(H,18,20,23)(H,19,21,24). The molecule has 134 valence electrons. The van der Waals surface area contributed by atoms with Crippen LogP contribution in [0.1, 0.15) is 4.88 Å². The van der Waals surface area contributed by atoms with E-state index in [0.717, 1.165) is 10.6 Å². The number of aliphatic imine (C=N–C) groups is 1. The number of amidine groups is 1. The van der Waals surface area contributed by atoms with Gasteiger partial charge in [0.05, 0.1) is 22.0 Å². The number of carbonyl (C=O) groups is 2. The summed E-state index contributed by atoms with van der Waals surface area (Å²) < 4.78 is 0. The van der Waals surface area contributed by atoms with Crippen LogP contribution in [-0.4, -0.2) is 47.5 Å². The fourth-order valence-corrected chi connectivity index (χ4v) is 3.77. The van der Waals surface area contributed by atoms with Gasteiger partial charge in [0.25, 0.3) is 5.91 Å². The molecule has 2 amide bonds. The summed E-state index contributed by atoms with van der Waals surface area (Å²) >= 11 is 2.59. The predicted molar refractivity (Wildman–Crippen MR) is 107 cm³/mol. The molecule has 2 N–H and O–H groups in total. The Balaban J connectivity index is 1.68. The van der Waals surface area contributed by atoms with Gasteiger partial charge in [0, 0.05) is 6.20 Å². The molecule has 1 saturated heterocycles. The number of nitrogens with one attached hydrogen (secondary N) is 2. The number of aromatic nitrogens is 1. The molecule has 3 rings (SSSR count). The first kappa shape index (κ1) is 18.3. The van der Waals surface area contributed by atoms with Gasteiger partial charge in [-0.05, 0) is 44.1 Å². The number of carbonyl (C=O) groups excluding carboxylic acids is 2. The monoisotopic (exact) mass is 387 g/mol. The lowest BCUT2D eigenvalue weighted by Crippen LogP contribution is -2.26. The molecule has 0 saturated carbocycles. The van der Waals surface area contributed by atoms with E-state index in [1.54, 1.807) is 17.2 Å². The van der Waals surface area contributed by atoms with Gasteiger partial charge in [-0.1, -0.05) is 29.5 Å². The lowest BCUT2D eigenvalue weighted by Gasteiger charge is -2.07. The van der Waals surface area contributed by atoms with Gasteiger partial charge < -0.3 is 15.5 Å². The zero-order valence-corrected chi connectivity index (χ0v) is 15.9. The number of amides is 2. The van der Waals surface area contributed by atoms with E-state index in [1.807, 2.05) is 44.4 Å². The van der Waals surface area contributed by atoms with Crippen molar-refractivity contribution in [1.82, 2.24) is 15.2 Å². The molecule has 1 aliphatic heterocycles. The highest BCUT2D eigenvalue weighted by Gasteiger charge is 2.24. The van der Waals surface area contributed by atoms with E-state index in [4.69, 9.17) is 0 Å². The van der Waals surface area contributed by atoms with E-state index >= 15 is 0 Å². The van der Waals surface area contributed by atoms with Crippen LogP contribution >= 0.6 is 23.1 Å². The first-order valence-corrected chi connectivity index (χ1v) is 9.38. The summed E-state index contributed by atoms with van der Waals surface area (Å²) in [5.41, 5.74) is 0.778. The third kappa shape index (κ3) is 5.01. The minimum absolute atomic E-state index is 0.131. The summed E-state index contributed by atoms with van der Waals surface area (Å²) in [5.74, 6) is -0.329. The van der Waals surface area contributed by atoms with Crippen molar-refractivity contribution in [3.8, 4) is 0 Å². The minimum Gasteiger partial charge on any atom is -0.301 e. The number of rotatable bonds is 5. The molecule has 0 bridgehead atoms. The van der Waals surface area contributed by atoms with E-state index in [-0.39, 0.29) is 18.4 Å². The van der Waals surface area contributed by atoms with Gasteiger partial charge in [-0.3, -0.25) is 9.59 Å². The van der Waals surface area contributed by atoms with Crippen molar-refractivity contribution in [3.63, 3.8) is 0 Å². The van der Waals surface area contributed by atoms with E-state index in [1.165, 1.54) is 23.1 Å². The van der Waals surface area contributed by atoms with Gasteiger partial charge in [0.2, 0.25) is 5.91 Å². The summed E-state index contributed by atoms with van der Waals surface area (Å²) in [4.78, 5) is 35.5. The molecule has 9 heteroatoms. The van der Waals surface area contributed by atoms with E-state index in [2.05, 4.69) is 20.6 Å². The highest BCUT2D eigenvalue weighted by molar-refractivity contribution is 8.18. The van der Waals surface area contributed by atoms with Crippen LogP contribution in [-0.2, 0) is 9.59 Å².